The molecule has 1 saturated heterocycles. The van der Waals surface area contributed by atoms with Gasteiger partial charge in [0.15, 0.2) is 0 Å². The van der Waals surface area contributed by atoms with Crippen molar-refractivity contribution in [1.82, 2.24) is 15.0 Å². The number of carbonyl (C=O) groups is 1. The molecule has 2 aromatic rings. The Kier molecular flexibility index (Phi) is 6.13. The minimum atomic E-state index is -0.0844. The van der Waals surface area contributed by atoms with E-state index in [1.165, 1.54) is 32.6 Å². The van der Waals surface area contributed by atoms with Crippen LogP contribution >= 0.6 is 11.6 Å². The molecule has 1 aliphatic carbocycles. The summed E-state index contributed by atoms with van der Waals surface area (Å²) in [5.74, 6) is 4.07. The number of aromatic nitrogens is 3. The van der Waals surface area contributed by atoms with E-state index in [2.05, 4.69) is 30.5 Å². The van der Waals surface area contributed by atoms with Crippen LogP contribution in [0.25, 0.3) is 0 Å². The van der Waals surface area contributed by atoms with Crippen molar-refractivity contribution in [2.45, 2.75) is 32.6 Å². The first kappa shape index (κ1) is 19.9. The maximum atomic E-state index is 11.0. The number of hydrogen-bond donors (Lipinski definition) is 2. The maximum absolute atomic E-state index is 11.0. The van der Waals surface area contributed by atoms with E-state index in [0.29, 0.717) is 5.02 Å². The van der Waals surface area contributed by atoms with Gasteiger partial charge < -0.3 is 15.5 Å². The third-order valence-corrected chi connectivity index (χ3v) is 6.11. The Labute approximate surface area is 176 Å². The summed E-state index contributed by atoms with van der Waals surface area (Å²) in [4.78, 5) is 26.3. The first-order valence-electron chi connectivity index (χ1n) is 10.3. The predicted octanol–water partition coefficient (Wildman–Crippen LogP) is 3.84. The third-order valence-electron chi connectivity index (χ3n) is 5.92. The van der Waals surface area contributed by atoms with Crippen molar-refractivity contribution in [3.8, 4) is 0 Å². The zero-order valence-corrected chi connectivity index (χ0v) is 17.4. The summed E-state index contributed by atoms with van der Waals surface area (Å²) in [7, 11) is 0. The quantitative estimate of drug-likeness (QED) is 0.716. The highest BCUT2D eigenvalue weighted by Crippen LogP contribution is 2.49. The Morgan fingerprint density at radius 3 is 2.59 bits per heavy atom. The fraction of sp³-hybridized carbons (Fsp3) is 0.524. The Hall–Kier alpha value is -2.41. The van der Waals surface area contributed by atoms with Crippen molar-refractivity contribution in [3.63, 3.8) is 0 Å². The highest BCUT2D eigenvalue weighted by molar-refractivity contribution is 6.30. The highest BCUT2D eigenvalue weighted by Gasteiger charge is 2.43. The third kappa shape index (κ3) is 5.35. The fourth-order valence-corrected chi connectivity index (χ4v) is 4.44. The summed E-state index contributed by atoms with van der Waals surface area (Å²) < 4.78 is 0. The van der Waals surface area contributed by atoms with E-state index in [1.807, 2.05) is 12.1 Å². The van der Waals surface area contributed by atoms with Crippen LogP contribution in [0, 0.1) is 17.8 Å². The lowest BCUT2D eigenvalue weighted by atomic mass is 9.90. The van der Waals surface area contributed by atoms with Crippen LogP contribution in [0.5, 0.6) is 0 Å². The van der Waals surface area contributed by atoms with Crippen molar-refractivity contribution in [2.75, 3.05) is 35.2 Å². The van der Waals surface area contributed by atoms with E-state index < -0.39 is 0 Å². The lowest BCUT2D eigenvalue weighted by Gasteiger charge is -2.32. The Balaban J connectivity index is 1.16. The lowest BCUT2D eigenvalue weighted by molar-refractivity contribution is -0.114. The largest absolute Gasteiger partial charge is 0.370 e. The van der Waals surface area contributed by atoms with Crippen LogP contribution in [-0.4, -0.2) is 40.5 Å². The highest BCUT2D eigenvalue weighted by atomic mass is 35.5. The smallest absolute Gasteiger partial charge is 0.225 e. The fourth-order valence-electron chi connectivity index (χ4n) is 4.34. The number of nitrogens with one attached hydrogen (secondary N) is 2. The van der Waals surface area contributed by atoms with Crippen molar-refractivity contribution in [2.24, 2.45) is 17.8 Å². The molecule has 2 fully saturated rings. The minimum Gasteiger partial charge on any atom is -0.370 e. The Morgan fingerprint density at radius 2 is 1.93 bits per heavy atom. The number of carbonyl (C=O) groups excluding carboxylic acids is 1. The average Bonchev–Trinajstić information content (AvgIpc) is 3.49. The second-order valence-electron chi connectivity index (χ2n) is 8.01. The van der Waals surface area contributed by atoms with E-state index in [9.17, 15) is 4.79 Å². The van der Waals surface area contributed by atoms with Gasteiger partial charge in [-0.15, -0.1) is 0 Å². The zero-order valence-electron chi connectivity index (χ0n) is 16.6. The van der Waals surface area contributed by atoms with Crippen LogP contribution in [0.3, 0.4) is 0 Å². The van der Waals surface area contributed by atoms with Gasteiger partial charge in [0.25, 0.3) is 0 Å². The van der Waals surface area contributed by atoms with Gasteiger partial charge in [-0.1, -0.05) is 11.6 Å². The molecule has 8 heteroatoms. The molecule has 4 rings (SSSR count). The predicted molar refractivity (Wildman–Crippen MR) is 115 cm³/mol. The number of hydrogen-bond acceptors (Lipinski definition) is 6. The second-order valence-corrected chi connectivity index (χ2v) is 8.45. The molecule has 2 atom stereocenters. The molecule has 0 unspecified atom stereocenters. The number of rotatable bonds is 7. The van der Waals surface area contributed by atoms with Crippen molar-refractivity contribution in [1.29, 1.82) is 0 Å². The van der Waals surface area contributed by atoms with Gasteiger partial charge >= 0.3 is 0 Å². The molecule has 0 bridgehead atoms. The van der Waals surface area contributed by atoms with Crippen molar-refractivity contribution < 1.29 is 4.79 Å². The second kappa shape index (κ2) is 8.95. The first-order chi connectivity index (χ1) is 14.1. The molecule has 2 aliphatic rings. The molecule has 0 radical (unpaired) electrons. The van der Waals surface area contributed by atoms with Crippen molar-refractivity contribution in [3.05, 3.63) is 35.7 Å². The monoisotopic (exact) mass is 414 g/mol. The van der Waals surface area contributed by atoms with Crippen LogP contribution in [0.2, 0.25) is 5.02 Å². The number of piperidine rings is 1. The standard InChI is InChI=1S/C21H27ClN6O/c1-14(29)27-18-2-3-20(24-13-18)23-7-4-16-10-19(16)15-5-8-28(9-6-15)21-25-11-17(22)12-26-21/h2-3,11-13,15-16,19H,4-10H2,1H3,(H,23,24)(H,27,29)/t16-,19-/m1/s1. The molecule has 1 saturated carbocycles. The van der Waals surface area contributed by atoms with Gasteiger partial charge in [0.05, 0.1) is 29.3 Å². The van der Waals surface area contributed by atoms with Gasteiger partial charge in [0.1, 0.15) is 5.82 Å². The van der Waals surface area contributed by atoms with Crippen LogP contribution in [0.15, 0.2) is 30.7 Å². The van der Waals surface area contributed by atoms with Gasteiger partial charge in [0.2, 0.25) is 11.9 Å². The lowest BCUT2D eigenvalue weighted by Crippen LogP contribution is -2.35. The summed E-state index contributed by atoms with van der Waals surface area (Å²) in [6.07, 6.45) is 9.98. The van der Waals surface area contributed by atoms with E-state index in [4.69, 9.17) is 11.6 Å². The van der Waals surface area contributed by atoms with E-state index >= 15 is 0 Å². The van der Waals surface area contributed by atoms with Gasteiger partial charge in [-0.2, -0.15) is 0 Å². The van der Waals surface area contributed by atoms with Crippen LogP contribution < -0.4 is 15.5 Å². The Bertz CT molecular complexity index is 820. The molecule has 0 aromatic carbocycles. The molecule has 1 aliphatic heterocycles. The average molecular weight is 415 g/mol. The van der Waals surface area contributed by atoms with Gasteiger partial charge in [0, 0.05) is 26.6 Å². The van der Waals surface area contributed by atoms with Crippen molar-refractivity contribution >= 4 is 35.0 Å². The summed E-state index contributed by atoms with van der Waals surface area (Å²) >= 11 is 5.88. The normalized spacial score (nSPS) is 21.7. The number of halogens is 1. The SMILES string of the molecule is CC(=O)Nc1ccc(NCC[C@@H]2C[C@@H]2C2CCN(c3ncc(Cl)cn3)CC2)nc1. The van der Waals surface area contributed by atoms with Crippen LogP contribution in [0.4, 0.5) is 17.5 Å². The molecule has 7 nitrogen and oxygen atoms in total. The first-order valence-corrected chi connectivity index (χ1v) is 10.7. The van der Waals surface area contributed by atoms with E-state index in [0.717, 1.165) is 54.8 Å². The molecule has 1 amide bonds. The summed E-state index contributed by atoms with van der Waals surface area (Å²) in [5, 5.41) is 6.70. The molecule has 2 aromatic heterocycles. The van der Waals surface area contributed by atoms with Crippen LogP contribution in [0.1, 0.15) is 32.6 Å². The summed E-state index contributed by atoms with van der Waals surface area (Å²) in [5.41, 5.74) is 0.723. The van der Waals surface area contributed by atoms with Gasteiger partial charge in [-0.3, -0.25) is 4.79 Å². The number of nitrogens with zero attached hydrogens (tertiary/aromatic N) is 4. The van der Waals surface area contributed by atoms with E-state index in [1.54, 1.807) is 18.6 Å². The number of pyridine rings is 1. The number of anilines is 3. The zero-order chi connectivity index (χ0) is 20.2. The molecular weight excluding hydrogens is 388 g/mol. The Morgan fingerprint density at radius 1 is 1.17 bits per heavy atom. The molecule has 29 heavy (non-hydrogen) atoms. The van der Waals surface area contributed by atoms with Gasteiger partial charge in [-0.25, -0.2) is 15.0 Å². The molecular formula is C21H27ClN6O. The summed E-state index contributed by atoms with van der Waals surface area (Å²) in [6, 6.07) is 3.78. The molecule has 2 N–H and O–H groups in total. The molecule has 154 valence electrons. The number of amides is 1. The summed E-state index contributed by atoms with van der Waals surface area (Å²) in [6.45, 7) is 4.48. The molecule has 3 heterocycles. The molecule has 0 spiro atoms. The van der Waals surface area contributed by atoms with Crippen LogP contribution in [-0.2, 0) is 4.79 Å². The maximum Gasteiger partial charge on any atom is 0.225 e. The minimum absolute atomic E-state index is 0.0844. The van der Waals surface area contributed by atoms with Gasteiger partial charge in [-0.05, 0) is 55.6 Å². The topological polar surface area (TPSA) is 83.0 Å². The van der Waals surface area contributed by atoms with E-state index in [-0.39, 0.29) is 5.91 Å².